The normalized spacial score (nSPS) is 11.2. The van der Waals surface area contributed by atoms with Gasteiger partial charge in [-0.15, -0.1) is 0 Å². The Morgan fingerprint density at radius 3 is 1.71 bits per heavy atom. The summed E-state index contributed by atoms with van der Waals surface area (Å²) in [4.78, 5) is 12.5. The molecular weight excluding hydrogens is 607 g/mol. The molecule has 0 spiro atoms. The fraction of sp³-hybridized carbons (Fsp3) is 0.0833. The highest BCUT2D eigenvalue weighted by Gasteiger charge is 2.45. The monoisotopic (exact) mass is 638 g/mol. The van der Waals surface area contributed by atoms with Gasteiger partial charge in [0.2, 0.25) is 0 Å². The number of hydrogen-bond donors (Lipinski definition) is 0. The van der Waals surface area contributed by atoms with E-state index in [9.17, 15) is 4.79 Å². The fourth-order valence-electron chi connectivity index (χ4n) is 5.10. The molecule has 212 valence electrons. The summed E-state index contributed by atoms with van der Waals surface area (Å²) in [5, 5.41) is 3.96. The maximum Gasteiger partial charge on any atom is 0.341 e. The molecule has 0 fully saturated rings. The Balaban J connectivity index is 0.00000405. The maximum atomic E-state index is 12.5. The Morgan fingerprint density at radius 2 is 1.19 bits per heavy atom. The van der Waals surface area contributed by atoms with Crippen LogP contribution in [0.5, 0.6) is 11.5 Å². The van der Waals surface area contributed by atoms with Crippen molar-refractivity contribution in [2.45, 2.75) is 6.16 Å². The molecule has 0 aliphatic carbocycles. The lowest BCUT2D eigenvalue weighted by atomic mass is 10.1. The number of hydrogen-bond acceptors (Lipinski definition) is 4. The minimum absolute atomic E-state index is 0. The van der Waals surface area contributed by atoms with Gasteiger partial charge >= 0.3 is 5.97 Å². The van der Waals surface area contributed by atoms with Crippen molar-refractivity contribution in [2.24, 2.45) is 0 Å². The first kappa shape index (κ1) is 30.8. The third-order valence-electron chi connectivity index (χ3n) is 6.96. The van der Waals surface area contributed by atoms with Crippen molar-refractivity contribution in [2.75, 3.05) is 14.2 Å². The molecule has 5 rings (SSSR count). The van der Waals surface area contributed by atoms with Crippen LogP contribution in [0.4, 0.5) is 0 Å². The minimum atomic E-state index is -2.07. The van der Waals surface area contributed by atoms with E-state index in [-0.39, 0.29) is 22.6 Å². The van der Waals surface area contributed by atoms with Crippen molar-refractivity contribution in [3.8, 4) is 11.5 Å². The van der Waals surface area contributed by atoms with Gasteiger partial charge in [0.25, 0.3) is 0 Å². The van der Waals surface area contributed by atoms with Crippen molar-refractivity contribution in [3.63, 3.8) is 0 Å². The predicted octanol–water partition coefficient (Wildman–Crippen LogP) is 4.14. The van der Waals surface area contributed by atoms with Crippen molar-refractivity contribution >= 4 is 34.7 Å². The van der Waals surface area contributed by atoms with Gasteiger partial charge < -0.3 is 31.2 Å². The van der Waals surface area contributed by atoms with Crippen LogP contribution < -0.4 is 37.6 Å². The number of esters is 1. The van der Waals surface area contributed by atoms with Gasteiger partial charge in [-0.3, -0.25) is 0 Å². The van der Waals surface area contributed by atoms with Crippen LogP contribution in [-0.2, 0) is 20.4 Å². The Labute approximate surface area is 258 Å². The van der Waals surface area contributed by atoms with Crippen molar-refractivity contribution < 1.29 is 36.0 Å². The molecule has 0 aliphatic rings. The predicted molar refractivity (Wildman–Crippen MR) is 169 cm³/mol. The van der Waals surface area contributed by atoms with Crippen LogP contribution in [0.1, 0.15) is 11.1 Å². The standard InChI is InChI=1S/C36H32O4P.BrH/c1-38-26-34(36(37)39-2)33-23-12-13-24-35(33)40-29-16-14-15-28(25-29)27-41(30-17-6-3-7-18-30,31-19-8-4-9-20-31)32-21-10-5-11-22-32;/h3-26H,27H2,1-2H3;1H/q+1;/p-1. The molecule has 42 heavy (non-hydrogen) atoms. The van der Waals surface area contributed by atoms with Gasteiger partial charge in [-0.1, -0.05) is 84.9 Å². The van der Waals surface area contributed by atoms with E-state index in [0.717, 1.165) is 11.7 Å². The smallest absolute Gasteiger partial charge is 0.341 e. The molecular formula is C36H32BrO4P. The molecule has 0 aliphatic heterocycles. The summed E-state index contributed by atoms with van der Waals surface area (Å²) in [5.74, 6) is 0.720. The second-order valence-corrected chi connectivity index (χ2v) is 13.0. The SMILES string of the molecule is COC=C(C(=O)OC)c1ccccc1Oc1cccc(C[P+](c2ccccc2)(c2ccccc2)c2ccccc2)c1.[Br-]. The first-order chi connectivity index (χ1) is 20.2. The van der Waals surface area contributed by atoms with E-state index < -0.39 is 13.2 Å². The lowest BCUT2D eigenvalue weighted by molar-refractivity contribution is -0.133. The van der Waals surface area contributed by atoms with Crippen molar-refractivity contribution in [1.82, 2.24) is 0 Å². The third kappa shape index (κ3) is 6.65. The summed E-state index contributed by atoms with van der Waals surface area (Å²) in [6.45, 7) is 0. The van der Waals surface area contributed by atoms with E-state index >= 15 is 0 Å². The van der Waals surface area contributed by atoms with Gasteiger partial charge in [0.15, 0.2) is 0 Å². The van der Waals surface area contributed by atoms with Gasteiger partial charge in [-0.25, -0.2) is 4.79 Å². The van der Waals surface area contributed by atoms with Crippen LogP contribution in [0.25, 0.3) is 5.57 Å². The van der Waals surface area contributed by atoms with Gasteiger partial charge in [0.05, 0.1) is 26.6 Å². The van der Waals surface area contributed by atoms with E-state index in [0.29, 0.717) is 17.1 Å². The molecule has 0 aromatic heterocycles. The van der Waals surface area contributed by atoms with E-state index in [1.165, 1.54) is 36.4 Å². The molecule has 5 aromatic carbocycles. The number of halogens is 1. The lowest BCUT2D eigenvalue weighted by Gasteiger charge is -2.28. The summed E-state index contributed by atoms with van der Waals surface area (Å²) >= 11 is 0. The first-order valence-electron chi connectivity index (χ1n) is 13.4. The van der Waals surface area contributed by atoms with E-state index in [1.807, 2.05) is 36.4 Å². The Bertz CT molecular complexity index is 1530. The second kappa shape index (κ2) is 14.6. The molecule has 0 radical (unpaired) electrons. The topological polar surface area (TPSA) is 44.8 Å². The minimum Gasteiger partial charge on any atom is -1.00 e. The van der Waals surface area contributed by atoms with Crippen molar-refractivity contribution in [3.05, 3.63) is 157 Å². The maximum absolute atomic E-state index is 12.5. The number of carbonyl (C=O) groups excluding carboxylic acids is 1. The zero-order valence-corrected chi connectivity index (χ0v) is 26.0. The first-order valence-corrected chi connectivity index (χ1v) is 15.4. The molecule has 4 nitrogen and oxygen atoms in total. The molecule has 0 saturated carbocycles. The van der Waals surface area contributed by atoms with E-state index in [2.05, 4.69) is 103 Å². The van der Waals surface area contributed by atoms with E-state index in [1.54, 1.807) is 0 Å². The van der Waals surface area contributed by atoms with Crippen LogP contribution in [0.15, 0.2) is 146 Å². The van der Waals surface area contributed by atoms with Crippen LogP contribution in [0.3, 0.4) is 0 Å². The van der Waals surface area contributed by atoms with E-state index in [4.69, 9.17) is 14.2 Å². The molecule has 0 heterocycles. The summed E-state index contributed by atoms with van der Waals surface area (Å²) < 4.78 is 16.6. The largest absolute Gasteiger partial charge is 1.00 e. The molecule has 5 aromatic rings. The average Bonchev–Trinajstić information content (AvgIpc) is 3.04. The van der Waals surface area contributed by atoms with Gasteiger partial charge in [0, 0.05) is 5.56 Å². The highest BCUT2D eigenvalue weighted by molar-refractivity contribution is 7.95. The highest BCUT2D eigenvalue weighted by atomic mass is 79.9. The third-order valence-corrected chi connectivity index (χ3v) is 11.3. The molecule has 0 bridgehead atoms. The lowest BCUT2D eigenvalue weighted by Crippen LogP contribution is -3.00. The van der Waals surface area contributed by atoms with Crippen LogP contribution in [0, 0.1) is 0 Å². The summed E-state index contributed by atoms with van der Waals surface area (Å²) in [5.41, 5.74) is 2.03. The fourth-order valence-corrected chi connectivity index (χ4v) is 9.33. The average molecular weight is 640 g/mol. The summed E-state index contributed by atoms with van der Waals surface area (Å²) in [6, 6.07) is 48.1. The number of benzene rings is 5. The summed E-state index contributed by atoms with van der Waals surface area (Å²) in [7, 11) is 0.774. The van der Waals surface area contributed by atoms with Crippen LogP contribution >= 0.6 is 7.26 Å². The number of rotatable bonds is 10. The zero-order valence-electron chi connectivity index (χ0n) is 23.5. The molecule has 6 heteroatoms. The number of carbonyl (C=O) groups is 1. The highest BCUT2D eigenvalue weighted by Crippen LogP contribution is 2.58. The molecule has 0 saturated heterocycles. The molecule has 0 N–H and O–H groups in total. The molecule has 0 amide bonds. The molecule has 0 atom stereocenters. The molecule has 0 unspecified atom stereocenters. The van der Waals surface area contributed by atoms with Gasteiger partial charge in [0.1, 0.15) is 40.2 Å². The number of para-hydroxylation sites is 1. The quantitative estimate of drug-likeness (QED) is 0.0999. The zero-order chi connectivity index (χ0) is 28.5. The second-order valence-electron chi connectivity index (χ2n) is 9.48. The number of methoxy groups -OCH3 is 2. The Hall–Kier alpha value is -4.18. The van der Waals surface area contributed by atoms with Gasteiger partial charge in [-0.2, -0.15) is 0 Å². The van der Waals surface area contributed by atoms with Gasteiger partial charge in [-0.05, 0) is 60.2 Å². The number of ether oxygens (including phenoxy) is 3. The van der Waals surface area contributed by atoms with Crippen molar-refractivity contribution in [1.29, 1.82) is 0 Å². The Kier molecular flexibility index (Phi) is 10.7. The Morgan fingerprint density at radius 1 is 0.667 bits per heavy atom. The van der Waals surface area contributed by atoms with Crippen LogP contribution in [-0.4, -0.2) is 20.2 Å². The summed E-state index contributed by atoms with van der Waals surface area (Å²) in [6.07, 6.45) is 2.20. The van der Waals surface area contributed by atoms with Crippen LogP contribution in [0.2, 0.25) is 0 Å².